The molecule has 0 radical (unpaired) electrons. The van der Waals surface area contributed by atoms with Gasteiger partial charge in [-0.2, -0.15) is 0 Å². The topological polar surface area (TPSA) is 115 Å². The van der Waals surface area contributed by atoms with Crippen molar-refractivity contribution in [1.82, 2.24) is 5.32 Å². The zero-order chi connectivity index (χ0) is 18.8. The molecule has 0 bridgehead atoms. The van der Waals surface area contributed by atoms with Gasteiger partial charge in [0.25, 0.3) is 11.8 Å². The van der Waals surface area contributed by atoms with Gasteiger partial charge in [-0.25, -0.2) is 0 Å². The van der Waals surface area contributed by atoms with E-state index in [2.05, 4.69) is 5.32 Å². The van der Waals surface area contributed by atoms with E-state index in [0.29, 0.717) is 11.4 Å². The smallest absolute Gasteiger partial charge is 0.433 e. The number of ether oxygens (including phenoxy) is 1. The molecule has 1 aliphatic rings. The lowest BCUT2D eigenvalue weighted by atomic mass is 10.1. The first-order valence-corrected chi connectivity index (χ1v) is 7.61. The van der Waals surface area contributed by atoms with E-state index in [1.54, 1.807) is 24.3 Å². The highest BCUT2D eigenvalue weighted by Crippen LogP contribution is 2.26. The molecule has 1 N–H and O–H groups in total. The van der Waals surface area contributed by atoms with Crippen LogP contribution in [0.25, 0.3) is 6.08 Å². The highest BCUT2D eigenvalue weighted by molar-refractivity contribution is 7.80. The minimum absolute atomic E-state index is 0.00592. The Labute approximate surface area is 152 Å². The number of anilines is 1. The van der Waals surface area contributed by atoms with Crippen LogP contribution in [0.15, 0.2) is 46.4 Å². The van der Waals surface area contributed by atoms with Crippen molar-refractivity contribution < 1.29 is 23.7 Å². The fourth-order valence-electron chi connectivity index (χ4n) is 2.30. The van der Waals surface area contributed by atoms with Gasteiger partial charge in [-0.15, -0.1) is 0 Å². The lowest BCUT2D eigenvalue weighted by Gasteiger charge is -2.28. The summed E-state index contributed by atoms with van der Waals surface area (Å²) >= 11 is 5.09. The Morgan fingerprint density at radius 1 is 1.31 bits per heavy atom. The number of carbonyl (C=O) groups is 2. The molecule has 3 rings (SSSR count). The molecule has 132 valence electrons. The number of nitrogens with one attached hydrogen (secondary N) is 1. The number of nitro groups is 1. The second kappa shape index (κ2) is 6.76. The standard InChI is InChI=1S/C16H11N3O6S/c1-24-10-4-2-3-9(7-10)18-15(21)12(14(20)17-16(18)26)8-11-5-6-13(25-11)19(22)23/h2-8H,1H3,(H,17,20,26). The molecule has 1 aromatic carbocycles. The lowest BCUT2D eigenvalue weighted by Crippen LogP contribution is -2.54. The maximum Gasteiger partial charge on any atom is 0.433 e. The number of carbonyl (C=O) groups excluding carboxylic acids is 2. The van der Waals surface area contributed by atoms with Crippen LogP contribution in [0.1, 0.15) is 5.76 Å². The normalized spacial score (nSPS) is 16.0. The van der Waals surface area contributed by atoms with E-state index in [1.165, 1.54) is 13.2 Å². The van der Waals surface area contributed by atoms with Gasteiger partial charge in [-0.3, -0.25) is 29.9 Å². The molecule has 0 saturated carbocycles. The van der Waals surface area contributed by atoms with Crippen LogP contribution in [-0.4, -0.2) is 29.0 Å². The summed E-state index contributed by atoms with van der Waals surface area (Å²) in [5.74, 6) is -1.42. The van der Waals surface area contributed by atoms with Gasteiger partial charge in [-0.1, -0.05) is 6.07 Å². The minimum atomic E-state index is -0.724. The molecule has 0 unspecified atom stereocenters. The van der Waals surface area contributed by atoms with Gasteiger partial charge in [0, 0.05) is 6.07 Å². The van der Waals surface area contributed by atoms with Gasteiger partial charge in [0.1, 0.15) is 22.0 Å². The predicted molar refractivity (Wildman–Crippen MR) is 94.6 cm³/mol. The molecule has 10 heteroatoms. The fraction of sp³-hybridized carbons (Fsp3) is 0.0625. The van der Waals surface area contributed by atoms with Crippen LogP contribution in [0.4, 0.5) is 11.6 Å². The first-order valence-electron chi connectivity index (χ1n) is 7.20. The largest absolute Gasteiger partial charge is 0.497 e. The van der Waals surface area contributed by atoms with Crippen molar-refractivity contribution in [3.05, 3.63) is 57.8 Å². The van der Waals surface area contributed by atoms with E-state index in [-0.39, 0.29) is 16.4 Å². The molecule has 1 saturated heterocycles. The van der Waals surface area contributed by atoms with Crippen molar-refractivity contribution in [2.45, 2.75) is 0 Å². The summed E-state index contributed by atoms with van der Waals surface area (Å²) in [7, 11) is 1.48. The Bertz CT molecular complexity index is 964. The summed E-state index contributed by atoms with van der Waals surface area (Å²) in [6, 6.07) is 8.98. The molecule has 1 fully saturated rings. The summed E-state index contributed by atoms with van der Waals surface area (Å²) < 4.78 is 10.1. The van der Waals surface area contributed by atoms with Gasteiger partial charge < -0.3 is 9.15 Å². The van der Waals surface area contributed by atoms with Crippen LogP contribution in [0.5, 0.6) is 5.75 Å². The van der Waals surface area contributed by atoms with Crippen LogP contribution in [0, 0.1) is 10.1 Å². The third kappa shape index (κ3) is 3.17. The van der Waals surface area contributed by atoms with Gasteiger partial charge in [0.2, 0.25) is 0 Å². The number of benzene rings is 1. The fourth-order valence-corrected chi connectivity index (χ4v) is 2.58. The van der Waals surface area contributed by atoms with Crippen LogP contribution in [-0.2, 0) is 9.59 Å². The number of hydrogen-bond acceptors (Lipinski definition) is 7. The van der Waals surface area contributed by atoms with E-state index in [4.69, 9.17) is 21.4 Å². The molecular formula is C16H11N3O6S. The van der Waals surface area contributed by atoms with Crippen molar-refractivity contribution in [1.29, 1.82) is 0 Å². The van der Waals surface area contributed by atoms with E-state index in [0.717, 1.165) is 17.0 Å². The van der Waals surface area contributed by atoms with Gasteiger partial charge in [0.15, 0.2) is 5.11 Å². The Balaban J connectivity index is 1.99. The Hall–Kier alpha value is -3.53. The van der Waals surface area contributed by atoms with Crippen LogP contribution in [0.2, 0.25) is 0 Å². The Morgan fingerprint density at radius 2 is 2.08 bits per heavy atom. The number of thiocarbonyl (C=S) groups is 1. The molecule has 26 heavy (non-hydrogen) atoms. The quantitative estimate of drug-likeness (QED) is 0.287. The zero-order valence-electron chi connectivity index (χ0n) is 13.3. The molecular weight excluding hydrogens is 362 g/mol. The lowest BCUT2D eigenvalue weighted by molar-refractivity contribution is -0.402. The second-order valence-corrected chi connectivity index (χ2v) is 5.48. The van der Waals surface area contributed by atoms with Gasteiger partial charge >= 0.3 is 5.88 Å². The number of rotatable bonds is 4. The summed E-state index contributed by atoms with van der Waals surface area (Å²) in [5, 5.41) is 13.0. The molecule has 9 nitrogen and oxygen atoms in total. The Kier molecular flexibility index (Phi) is 4.50. The number of methoxy groups -OCH3 is 1. The minimum Gasteiger partial charge on any atom is -0.497 e. The number of amides is 2. The van der Waals surface area contributed by atoms with Crippen LogP contribution in [0.3, 0.4) is 0 Å². The summed E-state index contributed by atoms with van der Waals surface area (Å²) in [4.78, 5) is 36.0. The molecule has 2 heterocycles. The molecule has 0 atom stereocenters. The molecule has 0 aliphatic carbocycles. The van der Waals surface area contributed by atoms with Crippen molar-refractivity contribution >= 4 is 46.8 Å². The highest BCUT2D eigenvalue weighted by Gasteiger charge is 2.35. The first kappa shape index (κ1) is 17.3. The summed E-state index contributed by atoms with van der Waals surface area (Å²) in [5.41, 5.74) is 0.126. The van der Waals surface area contributed by atoms with Gasteiger partial charge in [-0.05, 0) is 36.5 Å². The number of furan rings is 1. The number of nitrogens with zero attached hydrogens (tertiary/aromatic N) is 2. The maximum atomic E-state index is 12.8. The maximum absolute atomic E-state index is 12.8. The number of hydrogen-bond donors (Lipinski definition) is 1. The SMILES string of the molecule is COc1cccc(N2C(=O)C(=Cc3ccc([N+](=O)[O-])o3)C(=O)NC2=S)c1. The monoisotopic (exact) mass is 373 g/mol. The zero-order valence-corrected chi connectivity index (χ0v) is 14.1. The molecule has 2 amide bonds. The van der Waals surface area contributed by atoms with E-state index >= 15 is 0 Å². The molecule has 1 aliphatic heterocycles. The van der Waals surface area contributed by atoms with Crippen molar-refractivity contribution in [2.24, 2.45) is 0 Å². The van der Waals surface area contributed by atoms with E-state index in [9.17, 15) is 19.7 Å². The van der Waals surface area contributed by atoms with Crippen LogP contribution >= 0.6 is 12.2 Å². The van der Waals surface area contributed by atoms with E-state index in [1.807, 2.05) is 0 Å². The highest BCUT2D eigenvalue weighted by atomic mass is 32.1. The first-order chi connectivity index (χ1) is 12.4. The van der Waals surface area contributed by atoms with Gasteiger partial charge in [0.05, 0.1) is 18.9 Å². The molecule has 2 aromatic rings. The average molecular weight is 373 g/mol. The third-order valence-electron chi connectivity index (χ3n) is 3.49. The average Bonchev–Trinajstić information content (AvgIpc) is 3.08. The van der Waals surface area contributed by atoms with Crippen molar-refractivity contribution in [3.63, 3.8) is 0 Å². The predicted octanol–water partition coefficient (Wildman–Crippen LogP) is 2.03. The van der Waals surface area contributed by atoms with Crippen LogP contribution < -0.4 is 15.0 Å². The molecule has 0 spiro atoms. The summed E-state index contributed by atoms with van der Waals surface area (Å²) in [6.45, 7) is 0. The summed E-state index contributed by atoms with van der Waals surface area (Å²) in [6.07, 6.45) is 1.12. The second-order valence-electron chi connectivity index (χ2n) is 5.09. The third-order valence-corrected chi connectivity index (χ3v) is 3.78. The Morgan fingerprint density at radius 3 is 2.73 bits per heavy atom. The van der Waals surface area contributed by atoms with Crippen molar-refractivity contribution in [3.8, 4) is 5.75 Å². The van der Waals surface area contributed by atoms with E-state index < -0.39 is 22.6 Å². The van der Waals surface area contributed by atoms with Crippen molar-refractivity contribution in [2.75, 3.05) is 12.0 Å². The molecule has 1 aromatic heterocycles.